The van der Waals surface area contributed by atoms with Crippen LogP contribution in [0.3, 0.4) is 0 Å². The first-order chi connectivity index (χ1) is 18.0. The molecule has 0 saturated carbocycles. The fraction of sp³-hybridized carbons (Fsp3) is 0.333. The Balaban J connectivity index is 1.28. The molecule has 3 aromatic carbocycles. The molecule has 2 unspecified atom stereocenters. The van der Waals surface area contributed by atoms with Crippen molar-refractivity contribution in [3.63, 3.8) is 0 Å². The number of piperidine rings is 1. The van der Waals surface area contributed by atoms with Crippen molar-refractivity contribution >= 4 is 11.8 Å². The van der Waals surface area contributed by atoms with Gasteiger partial charge in [0.1, 0.15) is 0 Å². The first-order valence-electron chi connectivity index (χ1n) is 12.8. The molecule has 1 N–H and O–H groups in total. The molecule has 3 heterocycles. The number of hydrogen-bond acceptors (Lipinski definition) is 5. The number of rotatable bonds is 5. The summed E-state index contributed by atoms with van der Waals surface area (Å²) in [5.74, 6) is -0.140. The van der Waals surface area contributed by atoms with Crippen LogP contribution in [0.4, 0.5) is 0 Å². The van der Waals surface area contributed by atoms with Gasteiger partial charge in [0.2, 0.25) is 12.7 Å². The van der Waals surface area contributed by atoms with E-state index in [-0.39, 0.29) is 19.2 Å². The van der Waals surface area contributed by atoms with Gasteiger partial charge in [-0.05, 0) is 47.6 Å². The predicted molar refractivity (Wildman–Crippen MR) is 137 cm³/mol. The lowest BCUT2D eigenvalue weighted by Gasteiger charge is -2.36. The maximum atomic E-state index is 13.9. The molecule has 7 nitrogen and oxygen atoms in total. The third-order valence-corrected chi connectivity index (χ3v) is 7.93. The van der Waals surface area contributed by atoms with Gasteiger partial charge in [0.05, 0.1) is 5.92 Å². The molecular formula is C30H30N2O5. The molecule has 0 aromatic heterocycles. The predicted octanol–water partition coefficient (Wildman–Crippen LogP) is 3.67. The van der Waals surface area contributed by atoms with Crippen LogP contribution in [0.1, 0.15) is 35.4 Å². The highest BCUT2D eigenvalue weighted by molar-refractivity contribution is 5.97. The minimum absolute atomic E-state index is 0.0873. The number of carbonyl (C=O) groups is 2. The number of benzene rings is 3. The van der Waals surface area contributed by atoms with Gasteiger partial charge in [-0.25, -0.2) is 0 Å². The topological polar surface area (TPSA) is 79.3 Å². The van der Waals surface area contributed by atoms with Crippen LogP contribution in [0.25, 0.3) is 0 Å². The minimum Gasteiger partial charge on any atom is -0.454 e. The Morgan fingerprint density at radius 1 is 0.919 bits per heavy atom. The van der Waals surface area contributed by atoms with Gasteiger partial charge in [0.15, 0.2) is 17.1 Å². The monoisotopic (exact) mass is 498 g/mol. The smallest absolute Gasteiger partial charge is 0.260 e. The van der Waals surface area contributed by atoms with E-state index < -0.39 is 17.4 Å². The number of fused-ring (bicyclic) bond motifs is 1. The molecule has 190 valence electrons. The summed E-state index contributed by atoms with van der Waals surface area (Å²) in [5.41, 5.74) is 0.607. The largest absolute Gasteiger partial charge is 0.454 e. The number of nitrogens with zero attached hydrogens (tertiary/aromatic N) is 2. The van der Waals surface area contributed by atoms with Crippen LogP contribution in [0.5, 0.6) is 11.5 Å². The minimum atomic E-state index is -1.98. The molecule has 0 aliphatic carbocycles. The number of aliphatic hydroxyl groups is 1. The average Bonchev–Trinajstić information content (AvgIpc) is 3.52. The summed E-state index contributed by atoms with van der Waals surface area (Å²) >= 11 is 0. The summed E-state index contributed by atoms with van der Waals surface area (Å²) in [6.07, 6.45) is 1.71. The normalized spacial score (nSPS) is 23.5. The zero-order chi connectivity index (χ0) is 25.4. The Morgan fingerprint density at radius 2 is 1.59 bits per heavy atom. The van der Waals surface area contributed by atoms with E-state index in [0.717, 1.165) is 18.4 Å². The second-order valence-corrected chi connectivity index (χ2v) is 10.1. The Kier molecular flexibility index (Phi) is 6.08. The average molecular weight is 499 g/mol. The zero-order valence-corrected chi connectivity index (χ0v) is 20.6. The third kappa shape index (κ3) is 4.23. The summed E-state index contributed by atoms with van der Waals surface area (Å²) in [5, 5.41) is 12.1. The molecule has 3 aromatic rings. The number of hydrogen-bond donors (Lipinski definition) is 1. The highest BCUT2D eigenvalue weighted by atomic mass is 16.7. The van der Waals surface area contributed by atoms with Gasteiger partial charge in [-0.1, -0.05) is 66.7 Å². The van der Waals surface area contributed by atoms with Crippen LogP contribution in [0, 0.1) is 5.92 Å². The number of carbonyl (C=O) groups excluding carboxylic acids is 2. The summed E-state index contributed by atoms with van der Waals surface area (Å²) in [4.78, 5) is 31.2. The molecule has 0 bridgehead atoms. The molecule has 3 aliphatic heterocycles. The van der Waals surface area contributed by atoms with Crippen molar-refractivity contribution in [1.82, 2.24) is 9.80 Å². The maximum absolute atomic E-state index is 13.9. The van der Waals surface area contributed by atoms with Crippen molar-refractivity contribution < 1.29 is 24.2 Å². The van der Waals surface area contributed by atoms with Crippen LogP contribution >= 0.6 is 0 Å². The number of ether oxygens (including phenoxy) is 2. The molecule has 7 heteroatoms. The van der Waals surface area contributed by atoms with Gasteiger partial charge in [-0.2, -0.15) is 0 Å². The molecule has 3 aliphatic rings. The summed E-state index contributed by atoms with van der Waals surface area (Å²) < 4.78 is 10.9. The molecule has 0 radical (unpaired) electrons. The van der Waals surface area contributed by atoms with Crippen molar-refractivity contribution in [3.05, 3.63) is 95.6 Å². The van der Waals surface area contributed by atoms with E-state index in [0.29, 0.717) is 42.6 Å². The molecule has 2 atom stereocenters. The number of likely N-dealkylation sites (tertiary alicyclic amines) is 2. The van der Waals surface area contributed by atoms with E-state index in [2.05, 4.69) is 12.1 Å². The van der Waals surface area contributed by atoms with E-state index in [9.17, 15) is 14.7 Å². The molecule has 0 spiro atoms. The van der Waals surface area contributed by atoms with Crippen molar-refractivity contribution in [2.75, 3.05) is 26.4 Å². The van der Waals surface area contributed by atoms with Gasteiger partial charge in [-0.15, -0.1) is 0 Å². The van der Waals surface area contributed by atoms with E-state index in [1.807, 2.05) is 53.4 Å². The Labute approximate surface area is 216 Å². The molecular weight excluding hydrogens is 468 g/mol. The van der Waals surface area contributed by atoms with Crippen molar-refractivity contribution in [1.29, 1.82) is 0 Å². The SMILES string of the molecule is O=C(C1CN(Cc2ccccc2)C(=O)C1(O)c1ccc2c(c1)OCO2)N1CCC(c2ccccc2)CC1. The Hall–Kier alpha value is -3.84. The summed E-state index contributed by atoms with van der Waals surface area (Å²) in [7, 11) is 0. The van der Waals surface area contributed by atoms with Crippen LogP contribution < -0.4 is 9.47 Å². The van der Waals surface area contributed by atoms with Crippen LogP contribution in [0.15, 0.2) is 78.9 Å². The fourth-order valence-electron chi connectivity index (χ4n) is 5.86. The second kappa shape index (κ2) is 9.56. The molecule has 2 fully saturated rings. The van der Waals surface area contributed by atoms with E-state index in [1.54, 1.807) is 23.1 Å². The van der Waals surface area contributed by atoms with Crippen molar-refractivity contribution in [2.24, 2.45) is 5.92 Å². The lowest BCUT2D eigenvalue weighted by atomic mass is 9.81. The van der Waals surface area contributed by atoms with Crippen molar-refractivity contribution in [2.45, 2.75) is 30.9 Å². The zero-order valence-electron chi connectivity index (χ0n) is 20.6. The highest BCUT2D eigenvalue weighted by Crippen LogP contribution is 2.44. The van der Waals surface area contributed by atoms with Gasteiger partial charge in [0, 0.05) is 26.2 Å². The lowest BCUT2D eigenvalue weighted by molar-refractivity contribution is -0.155. The summed E-state index contributed by atoms with van der Waals surface area (Å²) in [6, 6.07) is 25.0. The number of amides is 2. The van der Waals surface area contributed by atoms with Crippen LogP contribution in [-0.2, 0) is 21.7 Å². The van der Waals surface area contributed by atoms with Gasteiger partial charge in [0.25, 0.3) is 5.91 Å². The third-order valence-electron chi connectivity index (χ3n) is 7.93. The van der Waals surface area contributed by atoms with Gasteiger partial charge in [-0.3, -0.25) is 9.59 Å². The van der Waals surface area contributed by atoms with E-state index in [1.165, 1.54) is 5.56 Å². The first-order valence-corrected chi connectivity index (χ1v) is 12.8. The molecule has 2 amide bonds. The van der Waals surface area contributed by atoms with E-state index >= 15 is 0 Å². The standard InChI is InChI=1S/C30H30N2O5/c33-28(31-15-13-23(14-16-31)22-9-5-2-6-10-22)25-19-32(18-21-7-3-1-4-8-21)29(34)30(25,35)24-11-12-26-27(17-24)37-20-36-26/h1-12,17,23,25,35H,13-16,18-20H2. The Morgan fingerprint density at radius 3 is 2.32 bits per heavy atom. The van der Waals surface area contributed by atoms with Crippen molar-refractivity contribution in [3.8, 4) is 11.5 Å². The van der Waals surface area contributed by atoms with Gasteiger partial charge >= 0.3 is 0 Å². The fourth-order valence-corrected chi connectivity index (χ4v) is 5.86. The highest BCUT2D eigenvalue weighted by Gasteiger charge is 2.58. The second-order valence-electron chi connectivity index (χ2n) is 10.1. The molecule has 2 saturated heterocycles. The van der Waals surface area contributed by atoms with Crippen LogP contribution in [-0.4, -0.2) is 53.1 Å². The molecule has 6 rings (SSSR count). The Bertz CT molecular complexity index is 1290. The van der Waals surface area contributed by atoms with Gasteiger partial charge < -0.3 is 24.4 Å². The lowest BCUT2D eigenvalue weighted by Crippen LogP contribution is -2.49. The molecule has 37 heavy (non-hydrogen) atoms. The maximum Gasteiger partial charge on any atom is 0.260 e. The summed E-state index contributed by atoms with van der Waals surface area (Å²) in [6.45, 7) is 1.75. The van der Waals surface area contributed by atoms with Crippen LogP contribution in [0.2, 0.25) is 0 Å². The first kappa shape index (κ1) is 23.6. The van der Waals surface area contributed by atoms with E-state index in [4.69, 9.17) is 9.47 Å². The quantitative estimate of drug-likeness (QED) is 0.581.